The van der Waals surface area contributed by atoms with Crippen LogP contribution in [-0.4, -0.2) is 34.9 Å². The van der Waals surface area contributed by atoms with Crippen LogP contribution in [0.4, 0.5) is 0 Å². The van der Waals surface area contributed by atoms with Crippen LogP contribution < -0.4 is 5.32 Å². The molecular formula is C46H91NO3. The third-order valence-corrected chi connectivity index (χ3v) is 10.8. The summed E-state index contributed by atoms with van der Waals surface area (Å²) in [5, 5.41) is 22.9. The van der Waals surface area contributed by atoms with E-state index in [0.717, 1.165) is 25.7 Å². The first-order chi connectivity index (χ1) is 24.7. The Hall–Kier alpha value is -0.870. The number of allylic oxidation sites excluding steroid dienone is 1. The molecule has 0 spiro atoms. The molecule has 0 heterocycles. The van der Waals surface area contributed by atoms with Crippen molar-refractivity contribution >= 4 is 5.91 Å². The number of aliphatic hydroxyl groups is 2. The molecule has 298 valence electrons. The van der Waals surface area contributed by atoms with Crippen LogP contribution in [0.5, 0.6) is 0 Å². The molecule has 0 bridgehead atoms. The molecule has 3 N–H and O–H groups in total. The lowest BCUT2D eigenvalue weighted by atomic mass is 10.0. The fourth-order valence-electron chi connectivity index (χ4n) is 7.24. The normalized spacial score (nSPS) is 13.0. The first-order valence-electron chi connectivity index (χ1n) is 22.9. The number of carbonyl (C=O) groups is 1. The van der Waals surface area contributed by atoms with E-state index in [0.29, 0.717) is 6.42 Å². The third kappa shape index (κ3) is 38.4. The van der Waals surface area contributed by atoms with Crippen LogP contribution in [0.1, 0.15) is 258 Å². The van der Waals surface area contributed by atoms with Crippen molar-refractivity contribution in [3.05, 3.63) is 12.2 Å². The lowest BCUT2D eigenvalue weighted by molar-refractivity contribution is -0.123. The molecule has 50 heavy (non-hydrogen) atoms. The van der Waals surface area contributed by atoms with E-state index >= 15 is 0 Å². The zero-order valence-electron chi connectivity index (χ0n) is 34.2. The highest BCUT2D eigenvalue weighted by atomic mass is 16.3. The standard InChI is InChI=1S/C46H91NO3/c1-3-5-7-9-11-13-14-15-16-17-18-19-20-21-22-23-24-25-26-27-28-29-30-31-32-33-34-35-37-39-41-45(49)44(43-48)47-46(50)42-40-38-36-12-10-8-6-4-2/h39,41,44-45,48-49H,3-38,40,42-43H2,1-2H3,(H,47,50)/b41-39+. The van der Waals surface area contributed by atoms with Gasteiger partial charge in [0, 0.05) is 6.42 Å². The van der Waals surface area contributed by atoms with E-state index in [1.807, 2.05) is 6.08 Å². The number of aliphatic hydroxyl groups excluding tert-OH is 2. The minimum absolute atomic E-state index is 0.0665. The maximum absolute atomic E-state index is 12.2. The van der Waals surface area contributed by atoms with Gasteiger partial charge in [-0.3, -0.25) is 4.79 Å². The Morgan fingerprint density at radius 2 is 0.740 bits per heavy atom. The van der Waals surface area contributed by atoms with Gasteiger partial charge in [0.1, 0.15) is 0 Å². The molecule has 0 aliphatic heterocycles. The van der Waals surface area contributed by atoms with Gasteiger partial charge in [-0.15, -0.1) is 0 Å². The van der Waals surface area contributed by atoms with Gasteiger partial charge in [-0.1, -0.05) is 244 Å². The summed E-state index contributed by atoms with van der Waals surface area (Å²) in [5.41, 5.74) is 0. The van der Waals surface area contributed by atoms with Gasteiger partial charge in [0.05, 0.1) is 18.8 Å². The van der Waals surface area contributed by atoms with Crippen LogP contribution in [0, 0.1) is 0 Å². The highest BCUT2D eigenvalue weighted by Gasteiger charge is 2.17. The molecule has 4 heteroatoms. The van der Waals surface area contributed by atoms with Crippen molar-refractivity contribution in [1.29, 1.82) is 0 Å². The molecular weight excluding hydrogens is 615 g/mol. The number of hydrogen-bond acceptors (Lipinski definition) is 3. The van der Waals surface area contributed by atoms with Gasteiger partial charge < -0.3 is 15.5 Å². The number of rotatable bonds is 42. The van der Waals surface area contributed by atoms with E-state index in [1.165, 1.54) is 212 Å². The monoisotopic (exact) mass is 706 g/mol. The molecule has 0 saturated carbocycles. The minimum Gasteiger partial charge on any atom is -0.394 e. The van der Waals surface area contributed by atoms with Gasteiger partial charge in [0.2, 0.25) is 5.91 Å². The molecule has 0 saturated heterocycles. The summed E-state index contributed by atoms with van der Waals surface area (Å²) in [6, 6.07) is -0.614. The molecule has 0 aliphatic rings. The fraction of sp³-hybridized carbons (Fsp3) is 0.935. The van der Waals surface area contributed by atoms with E-state index in [4.69, 9.17) is 0 Å². The Labute approximate surface area is 314 Å². The predicted molar refractivity (Wildman–Crippen MR) is 221 cm³/mol. The van der Waals surface area contributed by atoms with Crippen molar-refractivity contribution in [2.75, 3.05) is 6.61 Å². The van der Waals surface area contributed by atoms with Gasteiger partial charge in [0.25, 0.3) is 0 Å². The second kappa shape index (κ2) is 42.5. The summed E-state index contributed by atoms with van der Waals surface area (Å²) in [6.07, 6.45) is 53.6. The Balaban J connectivity index is 3.39. The SMILES string of the molecule is CCCCCCCCCCCCCCCCCCCCCCCCCCCCCC/C=C/C(O)C(CO)NC(=O)CCCCCCCCCC. The van der Waals surface area contributed by atoms with Gasteiger partial charge in [-0.2, -0.15) is 0 Å². The highest BCUT2D eigenvalue weighted by molar-refractivity contribution is 5.76. The quantitative estimate of drug-likeness (QED) is 0.0437. The Morgan fingerprint density at radius 3 is 1.04 bits per heavy atom. The van der Waals surface area contributed by atoms with Crippen LogP contribution in [0.25, 0.3) is 0 Å². The molecule has 1 amide bonds. The number of nitrogens with one attached hydrogen (secondary N) is 1. The van der Waals surface area contributed by atoms with Crippen molar-refractivity contribution in [1.82, 2.24) is 5.32 Å². The highest BCUT2D eigenvalue weighted by Crippen LogP contribution is 2.17. The summed E-state index contributed by atoms with van der Waals surface area (Å²) in [7, 11) is 0. The van der Waals surface area contributed by atoms with Crippen molar-refractivity contribution in [3.8, 4) is 0 Å². The van der Waals surface area contributed by atoms with E-state index in [1.54, 1.807) is 6.08 Å². The van der Waals surface area contributed by atoms with Crippen molar-refractivity contribution in [2.24, 2.45) is 0 Å². The topological polar surface area (TPSA) is 69.6 Å². The van der Waals surface area contributed by atoms with Gasteiger partial charge in [-0.25, -0.2) is 0 Å². The van der Waals surface area contributed by atoms with Crippen LogP contribution in [0.3, 0.4) is 0 Å². The zero-order chi connectivity index (χ0) is 36.4. The summed E-state index contributed by atoms with van der Waals surface area (Å²) in [6.45, 7) is 4.29. The van der Waals surface area contributed by atoms with Crippen molar-refractivity contribution in [2.45, 2.75) is 270 Å². The largest absolute Gasteiger partial charge is 0.394 e. The molecule has 0 aromatic carbocycles. The molecule has 2 atom stereocenters. The Kier molecular flexibility index (Phi) is 41.8. The van der Waals surface area contributed by atoms with Crippen LogP contribution in [-0.2, 0) is 4.79 Å². The first-order valence-corrected chi connectivity index (χ1v) is 22.9. The number of carbonyl (C=O) groups excluding carboxylic acids is 1. The molecule has 0 aromatic heterocycles. The number of unbranched alkanes of at least 4 members (excludes halogenated alkanes) is 35. The first kappa shape index (κ1) is 49.1. The van der Waals surface area contributed by atoms with E-state index in [-0.39, 0.29) is 12.5 Å². The second-order valence-corrected chi connectivity index (χ2v) is 15.8. The summed E-state index contributed by atoms with van der Waals surface area (Å²) < 4.78 is 0. The van der Waals surface area contributed by atoms with Gasteiger partial charge in [-0.05, 0) is 19.3 Å². The second-order valence-electron chi connectivity index (χ2n) is 15.8. The zero-order valence-corrected chi connectivity index (χ0v) is 34.2. The van der Waals surface area contributed by atoms with Gasteiger partial charge >= 0.3 is 0 Å². The Morgan fingerprint density at radius 1 is 0.460 bits per heavy atom. The molecule has 0 aliphatic carbocycles. The molecule has 2 unspecified atom stereocenters. The lowest BCUT2D eigenvalue weighted by Crippen LogP contribution is -2.45. The smallest absolute Gasteiger partial charge is 0.220 e. The average Bonchev–Trinajstić information content (AvgIpc) is 3.12. The summed E-state index contributed by atoms with van der Waals surface area (Å²) in [4.78, 5) is 12.2. The van der Waals surface area contributed by atoms with Crippen LogP contribution in [0.15, 0.2) is 12.2 Å². The molecule has 0 aromatic rings. The fourth-order valence-corrected chi connectivity index (χ4v) is 7.24. The number of hydrogen-bond donors (Lipinski definition) is 3. The maximum Gasteiger partial charge on any atom is 0.220 e. The van der Waals surface area contributed by atoms with Gasteiger partial charge in [0.15, 0.2) is 0 Å². The van der Waals surface area contributed by atoms with Crippen LogP contribution in [0.2, 0.25) is 0 Å². The van der Waals surface area contributed by atoms with Crippen molar-refractivity contribution < 1.29 is 15.0 Å². The minimum atomic E-state index is -0.832. The van der Waals surface area contributed by atoms with E-state index in [9.17, 15) is 15.0 Å². The van der Waals surface area contributed by atoms with Crippen molar-refractivity contribution in [3.63, 3.8) is 0 Å². The summed E-state index contributed by atoms with van der Waals surface area (Å²) in [5.74, 6) is -0.0665. The average molecular weight is 706 g/mol. The van der Waals surface area contributed by atoms with E-state index < -0.39 is 12.1 Å². The predicted octanol–water partition coefficient (Wildman–Crippen LogP) is 14.2. The van der Waals surface area contributed by atoms with E-state index in [2.05, 4.69) is 19.2 Å². The maximum atomic E-state index is 12.2. The molecule has 4 nitrogen and oxygen atoms in total. The molecule has 0 radical (unpaired) electrons. The third-order valence-electron chi connectivity index (χ3n) is 10.8. The molecule has 0 fully saturated rings. The number of amides is 1. The Bertz CT molecular complexity index is 680. The molecule has 0 rings (SSSR count). The van der Waals surface area contributed by atoms with Crippen LogP contribution >= 0.6 is 0 Å². The summed E-state index contributed by atoms with van der Waals surface area (Å²) >= 11 is 0. The lowest BCUT2D eigenvalue weighted by Gasteiger charge is -2.20.